The van der Waals surface area contributed by atoms with Crippen molar-refractivity contribution in [3.8, 4) is 0 Å². The molecule has 3 rings (SSSR count). The molecule has 0 unspecified atom stereocenters. The van der Waals surface area contributed by atoms with E-state index < -0.39 is 17.4 Å². The highest BCUT2D eigenvalue weighted by Gasteiger charge is 2.51. The molecule has 0 radical (unpaired) electrons. The van der Waals surface area contributed by atoms with Gasteiger partial charge in [-0.05, 0) is 24.6 Å². The number of hydrogen-bond donors (Lipinski definition) is 4. The van der Waals surface area contributed by atoms with Crippen LogP contribution in [0.5, 0.6) is 0 Å². The molecule has 2 aromatic rings. The molecule has 0 amide bonds. The predicted octanol–water partition coefficient (Wildman–Crippen LogP) is 0.721. The molecule has 0 aliphatic carbocycles. The Hall–Kier alpha value is -2.34. The van der Waals surface area contributed by atoms with E-state index in [2.05, 4.69) is 10.3 Å². The van der Waals surface area contributed by atoms with Gasteiger partial charge in [0.2, 0.25) is 5.41 Å². The molecule has 4 N–H and O–H groups in total. The van der Waals surface area contributed by atoms with E-state index in [0.717, 1.165) is 16.5 Å². The second-order valence-electron chi connectivity index (χ2n) is 4.97. The summed E-state index contributed by atoms with van der Waals surface area (Å²) in [5, 5.41) is 22.8. The molecule has 0 bridgehead atoms. The first-order valence-electron chi connectivity index (χ1n) is 6.35. The Morgan fingerprint density at radius 1 is 1.15 bits per heavy atom. The third-order valence-electron chi connectivity index (χ3n) is 3.91. The number of carbonyl (C=O) groups is 2. The Kier molecular flexibility index (Phi) is 2.76. The number of H-pyrrole nitrogens is 1. The molecule has 1 aliphatic heterocycles. The lowest BCUT2D eigenvalue weighted by molar-refractivity contribution is -0.157. The van der Waals surface area contributed by atoms with Crippen molar-refractivity contribution in [2.24, 2.45) is 0 Å². The molecule has 1 aromatic carbocycles. The summed E-state index contributed by atoms with van der Waals surface area (Å²) in [5.41, 5.74) is -0.143. The van der Waals surface area contributed by atoms with Crippen molar-refractivity contribution >= 4 is 22.8 Å². The summed E-state index contributed by atoms with van der Waals surface area (Å²) in [4.78, 5) is 26.3. The van der Waals surface area contributed by atoms with E-state index in [9.17, 15) is 19.8 Å². The third kappa shape index (κ3) is 1.55. The monoisotopic (exact) mass is 274 g/mol. The molecule has 0 saturated heterocycles. The number of hydrogen-bond acceptors (Lipinski definition) is 3. The van der Waals surface area contributed by atoms with Crippen molar-refractivity contribution in [3.05, 3.63) is 35.5 Å². The molecule has 20 heavy (non-hydrogen) atoms. The maximum absolute atomic E-state index is 11.7. The van der Waals surface area contributed by atoms with Crippen LogP contribution in [0.15, 0.2) is 24.3 Å². The van der Waals surface area contributed by atoms with Crippen LogP contribution >= 0.6 is 0 Å². The predicted molar refractivity (Wildman–Crippen MR) is 71.8 cm³/mol. The van der Waals surface area contributed by atoms with E-state index in [1.807, 2.05) is 24.3 Å². The van der Waals surface area contributed by atoms with E-state index in [-0.39, 0.29) is 12.2 Å². The zero-order valence-corrected chi connectivity index (χ0v) is 10.6. The minimum absolute atomic E-state index is 0.127. The maximum atomic E-state index is 11.7. The smallest absolute Gasteiger partial charge is 0.328 e. The van der Waals surface area contributed by atoms with Crippen molar-refractivity contribution < 1.29 is 19.8 Å². The van der Waals surface area contributed by atoms with Gasteiger partial charge in [0, 0.05) is 23.1 Å². The Labute approximate surface area is 114 Å². The zero-order valence-electron chi connectivity index (χ0n) is 10.6. The molecule has 1 aromatic heterocycles. The minimum atomic E-state index is -1.97. The number of aliphatic carboxylic acids is 2. The number of aromatic amines is 1. The van der Waals surface area contributed by atoms with Gasteiger partial charge in [-0.25, -0.2) is 0 Å². The van der Waals surface area contributed by atoms with Crippen molar-refractivity contribution in [3.63, 3.8) is 0 Å². The van der Waals surface area contributed by atoms with Gasteiger partial charge in [0.05, 0.1) is 0 Å². The van der Waals surface area contributed by atoms with Crippen LogP contribution in [0, 0.1) is 0 Å². The average molecular weight is 274 g/mol. The zero-order chi connectivity index (χ0) is 14.3. The molecule has 0 saturated carbocycles. The molecule has 104 valence electrons. The number of benzene rings is 1. The van der Waals surface area contributed by atoms with Gasteiger partial charge < -0.3 is 20.5 Å². The van der Waals surface area contributed by atoms with Crippen LogP contribution in [-0.2, 0) is 21.4 Å². The molecular formula is C14H14N2O4. The van der Waals surface area contributed by atoms with E-state index >= 15 is 0 Å². The summed E-state index contributed by atoms with van der Waals surface area (Å²) in [6.07, 6.45) is 0.599. The highest BCUT2D eigenvalue weighted by Crippen LogP contribution is 2.34. The van der Waals surface area contributed by atoms with Crippen LogP contribution < -0.4 is 5.32 Å². The van der Waals surface area contributed by atoms with Gasteiger partial charge in [-0.3, -0.25) is 9.59 Å². The Morgan fingerprint density at radius 3 is 2.55 bits per heavy atom. The topological polar surface area (TPSA) is 102 Å². The molecule has 0 atom stereocenters. The first-order valence-corrected chi connectivity index (χ1v) is 6.35. The van der Waals surface area contributed by atoms with E-state index in [4.69, 9.17) is 0 Å². The van der Waals surface area contributed by atoms with E-state index in [0.29, 0.717) is 13.0 Å². The highest BCUT2D eigenvalue weighted by molar-refractivity contribution is 6.06. The molecule has 2 heterocycles. The number of rotatable bonds is 2. The fourth-order valence-corrected chi connectivity index (χ4v) is 2.86. The Morgan fingerprint density at radius 2 is 1.85 bits per heavy atom. The SMILES string of the molecule is O=C(O)C1(C(=O)O)CNCCc2c1[nH]c1ccccc21. The van der Waals surface area contributed by atoms with Crippen LogP contribution in [-0.4, -0.2) is 40.2 Å². The largest absolute Gasteiger partial charge is 0.480 e. The van der Waals surface area contributed by atoms with E-state index in [1.54, 1.807) is 0 Å². The normalized spacial score (nSPS) is 17.4. The number of nitrogens with one attached hydrogen (secondary N) is 2. The van der Waals surface area contributed by atoms with Gasteiger partial charge in [0.25, 0.3) is 0 Å². The molecule has 6 heteroatoms. The third-order valence-corrected chi connectivity index (χ3v) is 3.91. The van der Waals surface area contributed by atoms with Crippen molar-refractivity contribution in [1.82, 2.24) is 10.3 Å². The summed E-state index contributed by atoms with van der Waals surface area (Å²) in [6.45, 7) is 0.425. The van der Waals surface area contributed by atoms with Crippen LogP contribution in [0.3, 0.4) is 0 Å². The van der Waals surface area contributed by atoms with Gasteiger partial charge in [-0.2, -0.15) is 0 Å². The van der Waals surface area contributed by atoms with Crippen LogP contribution in [0.2, 0.25) is 0 Å². The van der Waals surface area contributed by atoms with Gasteiger partial charge in [0.1, 0.15) is 0 Å². The molecule has 0 fully saturated rings. The van der Waals surface area contributed by atoms with Gasteiger partial charge in [-0.15, -0.1) is 0 Å². The average Bonchev–Trinajstić information content (AvgIpc) is 2.66. The number of para-hydroxylation sites is 1. The number of carboxylic acid groups (broad SMARTS) is 2. The highest BCUT2D eigenvalue weighted by atomic mass is 16.4. The lowest BCUT2D eigenvalue weighted by Gasteiger charge is -2.23. The summed E-state index contributed by atoms with van der Waals surface area (Å²) in [7, 11) is 0. The molecule has 0 spiro atoms. The standard InChI is InChI=1S/C14H14N2O4/c17-12(18)14(13(19)20)7-15-6-5-9-8-3-1-2-4-10(8)16-11(9)14/h1-4,15-16H,5-7H2,(H,17,18)(H,19,20). The molecule has 6 nitrogen and oxygen atoms in total. The van der Waals surface area contributed by atoms with Crippen molar-refractivity contribution in [1.29, 1.82) is 0 Å². The summed E-state index contributed by atoms with van der Waals surface area (Å²) >= 11 is 0. The summed E-state index contributed by atoms with van der Waals surface area (Å²) in [5.74, 6) is -2.71. The van der Waals surface area contributed by atoms with Crippen molar-refractivity contribution in [2.45, 2.75) is 11.8 Å². The Balaban J connectivity index is 2.36. The molecule has 1 aliphatic rings. The minimum Gasteiger partial charge on any atom is -0.480 e. The lowest BCUT2D eigenvalue weighted by atomic mass is 9.82. The fraction of sp³-hybridized carbons (Fsp3) is 0.286. The number of aromatic nitrogens is 1. The second kappa shape index (κ2) is 4.35. The first kappa shape index (κ1) is 12.7. The first-order chi connectivity index (χ1) is 9.57. The number of fused-ring (bicyclic) bond motifs is 3. The van der Waals surface area contributed by atoms with Crippen molar-refractivity contribution in [2.75, 3.05) is 13.1 Å². The van der Waals surface area contributed by atoms with Crippen LogP contribution in [0.1, 0.15) is 11.3 Å². The molecular weight excluding hydrogens is 260 g/mol. The summed E-state index contributed by atoms with van der Waals surface area (Å²) in [6, 6.07) is 7.40. The van der Waals surface area contributed by atoms with Crippen LogP contribution in [0.25, 0.3) is 10.9 Å². The number of carboxylic acids is 2. The van der Waals surface area contributed by atoms with Gasteiger partial charge in [-0.1, -0.05) is 18.2 Å². The van der Waals surface area contributed by atoms with E-state index in [1.165, 1.54) is 0 Å². The second-order valence-corrected chi connectivity index (χ2v) is 4.97. The lowest BCUT2D eigenvalue weighted by Crippen LogP contribution is -2.50. The fourth-order valence-electron chi connectivity index (χ4n) is 2.86. The van der Waals surface area contributed by atoms with Crippen LogP contribution in [0.4, 0.5) is 0 Å². The Bertz CT molecular complexity index is 690. The quantitative estimate of drug-likeness (QED) is 0.604. The van der Waals surface area contributed by atoms with Gasteiger partial charge >= 0.3 is 11.9 Å². The maximum Gasteiger partial charge on any atom is 0.328 e. The summed E-state index contributed by atoms with van der Waals surface area (Å²) < 4.78 is 0. The van der Waals surface area contributed by atoms with Gasteiger partial charge in [0.15, 0.2) is 0 Å².